The first kappa shape index (κ1) is 12.9. The lowest BCUT2D eigenvalue weighted by molar-refractivity contribution is -0.116. The molecule has 1 saturated heterocycles. The fraction of sp³-hybridized carbons (Fsp3) is 0.842. The molecule has 0 aromatic rings. The van der Waals surface area contributed by atoms with Gasteiger partial charge in [0.2, 0.25) is 0 Å². The number of epoxide rings is 1. The van der Waals surface area contributed by atoms with Gasteiger partial charge in [-0.25, -0.2) is 0 Å². The molecule has 5 aliphatic rings. The molecule has 1 aliphatic heterocycles. The molecule has 21 heavy (non-hydrogen) atoms. The average Bonchev–Trinajstić information content (AvgIpc) is 3.20. The van der Waals surface area contributed by atoms with Crippen LogP contribution < -0.4 is 0 Å². The summed E-state index contributed by atoms with van der Waals surface area (Å²) in [4.78, 5) is 11.7. The molecular formula is C19H26O2. The van der Waals surface area contributed by atoms with Crippen LogP contribution in [0.5, 0.6) is 0 Å². The van der Waals surface area contributed by atoms with Crippen LogP contribution >= 0.6 is 0 Å². The van der Waals surface area contributed by atoms with Gasteiger partial charge in [0, 0.05) is 11.8 Å². The monoisotopic (exact) mass is 286 g/mol. The summed E-state index contributed by atoms with van der Waals surface area (Å²) >= 11 is 0. The summed E-state index contributed by atoms with van der Waals surface area (Å²) in [7, 11) is 0. The Bertz CT molecular complexity index is 530. The Hall–Kier alpha value is -0.630. The van der Waals surface area contributed by atoms with Gasteiger partial charge >= 0.3 is 0 Å². The smallest absolute Gasteiger partial charge is 0.155 e. The van der Waals surface area contributed by atoms with Crippen molar-refractivity contribution in [3.63, 3.8) is 0 Å². The van der Waals surface area contributed by atoms with Gasteiger partial charge in [-0.1, -0.05) is 12.5 Å². The Labute approximate surface area is 127 Å². The number of carbonyl (C=O) groups excluding carboxylic acids is 1. The summed E-state index contributed by atoms with van der Waals surface area (Å²) in [6.07, 6.45) is 11.9. The number of rotatable bonds is 0. The highest BCUT2D eigenvalue weighted by Gasteiger charge is 2.68. The summed E-state index contributed by atoms with van der Waals surface area (Å²) in [5, 5.41) is 0. The summed E-state index contributed by atoms with van der Waals surface area (Å²) in [6.45, 7) is 3.56. The van der Waals surface area contributed by atoms with Crippen LogP contribution in [0.15, 0.2) is 11.6 Å². The highest BCUT2D eigenvalue weighted by Crippen LogP contribution is 2.69. The Morgan fingerprint density at radius 3 is 2.76 bits per heavy atom. The Morgan fingerprint density at radius 1 is 1.10 bits per heavy atom. The van der Waals surface area contributed by atoms with E-state index in [9.17, 15) is 4.79 Å². The molecule has 114 valence electrons. The molecule has 3 saturated carbocycles. The minimum Gasteiger partial charge on any atom is -0.369 e. The highest BCUT2D eigenvalue weighted by molar-refractivity contribution is 5.91. The quantitative estimate of drug-likeness (QED) is 0.632. The van der Waals surface area contributed by atoms with Crippen molar-refractivity contribution in [2.45, 2.75) is 63.9 Å². The maximum Gasteiger partial charge on any atom is 0.155 e. The van der Waals surface area contributed by atoms with Crippen molar-refractivity contribution >= 4 is 5.78 Å². The van der Waals surface area contributed by atoms with Crippen LogP contribution in [0.4, 0.5) is 0 Å². The van der Waals surface area contributed by atoms with E-state index in [1.165, 1.54) is 44.1 Å². The second-order valence-electron chi connectivity index (χ2n) is 8.58. The van der Waals surface area contributed by atoms with Crippen molar-refractivity contribution in [2.75, 3.05) is 6.61 Å². The van der Waals surface area contributed by atoms with Gasteiger partial charge in [0.1, 0.15) is 0 Å². The highest BCUT2D eigenvalue weighted by atomic mass is 16.6. The van der Waals surface area contributed by atoms with Crippen LogP contribution in [0, 0.1) is 29.1 Å². The third-order valence-electron chi connectivity index (χ3n) is 8.08. The van der Waals surface area contributed by atoms with Crippen LogP contribution in [0.1, 0.15) is 58.3 Å². The Balaban J connectivity index is 1.47. The molecule has 4 aliphatic carbocycles. The molecular weight excluding hydrogens is 260 g/mol. The van der Waals surface area contributed by atoms with Crippen LogP contribution in [-0.4, -0.2) is 18.0 Å². The summed E-state index contributed by atoms with van der Waals surface area (Å²) < 4.78 is 5.97. The first-order valence-electron chi connectivity index (χ1n) is 9.00. The zero-order valence-electron chi connectivity index (χ0n) is 13.1. The lowest BCUT2D eigenvalue weighted by Gasteiger charge is -2.53. The van der Waals surface area contributed by atoms with E-state index in [-0.39, 0.29) is 5.60 Å². The third-order valence-corrected chi connectivity index (χ3v) is 8.08. The van der Waals surface area contributed by atoms with Crippen molar-refractivity contribution in [3.8, 4) is 0 Å². The van der Waals surface area contributed by atoms with Gasteiger partial charge in [-0.3, -0.25) is 4.79 Å². The Morgan fingerprint density at radius 2 is 1.95 bits per heavy atom. The fourth-order valence-corrected chi connectivity index (χ4v) is 6.83. The first-order valence-corrected chi connectivity index (χ1v) is 9.00. The molecule has 0 bridgehead atoms. The molecule has 2 heteroatoms. The average molecular weight is 286 g/mol. The summed E-state index contributed by atoms with van der Waals surface area (Å²) in [5.41, 5.74) is 2.24. The van der Waals surface area contributed by atoms with E-state index in [4.69, 9.17) is 4.74 Å². The number of carbonyl (C=O) groups is 1. The lowest BCUT2D eigenvalue weighted by Crippen LogP contribution is -2.48. The van der Waals surface area contributed by atoms with E-state index >= 15 is 0 Å². The van der Waals surface area contributed by atoms with E-state index < -0.39 is 0 Å². The number of ketones is 1. The van der Waals surface area contributed by atoms with Gasteiger partial charge in [-0.2, -0.15) is 0 Å². The third kappa shape index (κ3) is 1.55. The van der Waals surface area contributed by atoms with Crippen molar-refractivity contribution in [2.24, 2.45) is 29.1 Å². The zero-order chi connectivity index (χ0) is 14.2. The molecule has 4 fully saturated rings. The van der Waals surface area contributed by atoms with Crippen LogP contribution in [0.2, 0.25) is 0 Å². The number of ether oxygens (including phenoxy) is 1. The van der Waals surface area contributed by atoms with Crippen LogP contribution in [-0.2, 0) is 9.53 Å². The maximum absolute atomic E-state index is 11.7. The lowest BCUT2D eigenvalue weighted by atomic mass is 9.51. The minimum absolute atomic E-state index is 0.279. The van der Waals surface area contributed by atoms with Gasteiger partial charge in [0.05, 0.1) is 12.2 Å². The molecule has 6 atom stereocenters. The fourth-order valence-electron chi connectivity index (χ4n) is 6.83. The van der Waals surface area contributed by atoms with E-state index in [1.807, 2.05) is 6.08 Å². The van der Waals surface area contributed by atoms with E-state index in [2.05, 4.69) is 6.92 Å². The topological polar surface area (TPSA) is 29.6 Å². The molecule has 5 rings (SSSR count). The predicted molar refractivity (Wildman–Crippen MR) is 80.8 cm³/mol. The molecule has 0 radical (unpaired) electrons. The minimum atomic E-state index is 0.279. The molecule has 0 aromatic heterocycles. The van der Waals surface area contributed by atoms with E-state index in [0.717, 1.165) is 43.1 Å². The molecule has 1 spiro atoms. The van der Waals surface area contributed by atoms with Crippen LogP contribution in [0.3, 0.4) is 0 Å². The van der Waals surface area contributed by atoms with Crippen molar-refractivity contribution in [1.29, 1.82) is 0 Å². The molecule has 0 N–H and O–H groups in total. The predicted octanol–water partition coefficient (Wildman–Crippen LogP) is 3.90. The maximum atomic E-state index is 11.7. The summed E-state index contributed by atoms with van der Waals surface area (Å²) in [5.74, 6) is 3.78. The van der Waals surface area contributed by atoms with Crippen molar-refractivity contribution in [1.82, 2.24) is 0 Å². The Kier molecular flexibility index (Phi) is 2.46. The summed E-state index contributed by atoms with van der Waals surface area (Å²) in [6, 6.07) is 0. The van der Waals surface area contributed by atoms with Crippen LogP contribution in [0.25, 0.3) is 0 Å². The van der Waals surface area contributed by atoms with Crippen molar-refractivity contribution < 1.29 is 9.53 Å². The number of hydrogen-bond acceptors (Lipinski definition) is 2. The van der Waals surface area contributed by atoms with Gasteiger partial charge in [-0.05, 0) is 74.7 Å². The second kappa shape index (κ2) is 4.01. The largest absolute Gasteiger partial charge is 0.369 e. The first-order chi connectivity index (χ1) is 10.1. The SMILES string of the molecule is C[C@]12CC[C@H]3[C@@H](CCC4=CC(=O)CC[C@H]43)[C@@H]1CC[C@@]21CO1. The van der Waals surface area contributed by atoms with Gasteiger partial charge in [0.15, 0.2) is 5.78 Å². The van der Waals surface area contributed by atoms with E-state index in [1.54, 1.807) is 0 Å². The normalized spacial score (nSPS) is 54.7. The molecule has 0 unspecified atom stereocenters. The standard InChI is InChI=1S/C19H26O2/c1-18-8-6-15-14-5-3-13(20)10-12(14)2-4-16(15)17(18)7-9-19(18)11-21-19/h10,14-17H,2-9,11H2,1H3/t14-,15-,16-,17+,18+,19-/m1/s1. The van der Waals surface area contributed by atoms with Crippen molar-refractivity contribution in [3.05, 3.63) is 11.6 Å². The molecule has 0 aromatic carbocycles. The molecule has 1 heterocycles. The number of fused-ring (bicyclic) bond motifs is 6. The van der Waals surface area contributed by atoms with E-state index in [0.29, 0.717) is 11.2 Å². The number of allylic oxidation sites excluding steroid dienone is 1. The zero-order valence-corrected chi connectivity index (χ0v) is 13.1. The second-order valence-corrected chi connectivity index (χ2v) is 8.58. The van der Waals surface area contributed by atoms with Gasteiger partial charge in [-0.15, -0.1) is 0 Å². The number of hydrogen-bond donors (Lipinski definition) is 0. The molecule has 2 nitrogen and oxygen atoms in total. The molecule has 0 amide bonds. The van der Waals surface area contributed by atoms with Gasteiger partial charge in [0.25, 0.3) is 0 Å². The van der Waals surface area contributed by atoms with Gasteiger partial charge < -0.3 is 4.74 Å².